The van der Waals surface area contributed by atoms with Gasteiger partial charge in [0, 0.05) is 19.4 Å². The number of nitrogens with two attached hydrogens (primary N) is 1. The summed E-state index contributed by atoms with van der Waals surface area (Å²) in [7, 11) is -4.37. The first-order valence-electron chi connectivity index (χ1n) is 18.0. The number of phosphoric acid groups is 1. The van der Waals surface area contributed by atoms with Crippen LogP contribution in [0.3, 0.4) is 0 Å². The minimum Gasteiger partial charge on any atom is -0.462 e. The minimum absolute atomic E-state index is 0.0491. The van der Waals surface area contributed by atoms with Gasteiger partial charge in [0.1, 0.15) is 6.61 Å². The molecule has 0 aliphatic carbocycles. The number of phosphoric ester groups is 1. The molecule has 0 rings (SSSR count). The standard InChI is InChI=1S/C36H66NO8P/c1-3-5-7-9-11-13-15-16-17-19-21-23-25-27-29-36(39)45-34(33-44-46(40,41)43-31-30-37)32-42-35(38)28-26-24-22-20-18-14-12-10-8-6-4-2/h9-12,15-16,34H,3-8,13-14,17-33,37H2,1-2H3,(H,40,41)/b11-9-,12-10-,16-15-/t34-/m1/s1. The van der Waals surface area contributed by atoms with Gasteiger partial charge in [-0.05, 0) is 57.8 Å². The second-order valence-corrected chi connectivity index (χ2v) is 13.2. The van der Waals surface area contributed by atoms with Crippen LogP contribution in [-0.2, 0) is 32.7 Å². The fourth-order valence-electron chi connectivity index (χ4n) is 4.51. The molecule has 0 aromatic carbocycles. The lowest BCUT2D eigenvalue weighted by Gasteiger charge is -2.19. The van der Waals surface area contributed by atoms with Crippen molar-refractivity contribution in [3.63, 3.8) is 0 Å². The molecule has 0 bridgehead atoms. The predicted molar refractivity (Wildman–Crippen MR) is 187 cm³/mol. The highest BCUT2D eigenvalue weighted by Gasteiger charge is 2.25. The first-order valence-corrected chi connectivity index (χ1v) is 19.5. The predicted octanol–water partition coefficient (Wildman–Crippen LogP) is 9.43. The normalized spacial score (nSPS) is 13.9. The van der Waals surface area contributed by atoms with Crippen molar-refractivity contribution in [2.75, 3.05) is 26.4 Å². The lowest BCUT2D eigenvalue weighted by molar-refractivity contribution is -0.161. The smallest absolute Gasteiger partial charge is 0.462 e. The van der Waals surface area contributed by atoms with E-state index in [4.69, 9.17) is 24.3 Å². The lowest BCUT2D eigenvalue weighted by Crippen LogP contribution is -2.29. The maximum atomic E-state index is 12.5. The molecule has 0 saturated heterocycles. The third-order valence-corrected chi connectivity index (χ3v) is 8.23. The molecule has 9 nitrogen and oxygen atoms in total. The van der Waals surface area contributed by atoms with Gasteiger partial charge in [-0.3, -0.25) is 18.6 Å². The number of rotatable bonds is 33. The molecule has 268 valence electrons. The fraction of sp³-hybridized carbons (Fsp3) is 0.778. The Labute approximate surface area is 280 Å². The van der Waals surface area contributed by atoms with Crippen LogP contribution < -0.4 is 5.73 Å². The highest BCUT2D eigenvalue weighted by Crippen LogP contribution is 2.43. The number of hydrogen-bond acceptors (Lipinski definition) is 8. The first kappa shape index (κ1) is 44.2. The highest BCUT2D eigenvalue weighted by molar-refractivity contribution is 7.47. The zero-order valence-corrected chi connectivity index (χ0v) is 29.9. The molecule has 10 heteroatoms. The van der Waals surface area contributed by atoms with Gasteiger partial charge in [-0.1, -0.05) is 115 Å². The van der Waals surface area contributed by atoms with Crippen molar-refractivity contribution in [3.05, 3.63) is 36.5 Å². The molecule has 0 aliphatic rings. The van der Waals surface area contributed by atoms with Gasteiger partial charge in [-0.25, -0.2) is 4.57 Å². The van der Waals surface area contributed by atoms with E-state index in [1.54, 1.807) is 0 Å². The van der Waals surface area contributed by atoms with Gasteiger partial charge in [0.2, 0.25) is 0 Å². The number of allylic oxidation sites excluding steroid dienone is 6. The van der Waals surface area contributed by atoms with E-state index in [0.29, 0.717) is 6.42 Å². The molecule has 0 spiro atoms. The quantitative estimate of drug-likeness (QED) is 0.0303. The Kier molecular flexibility index (Phi) is 31.9. The lowest BCUT2D eigenvalue weighted by atomic mass is 10.1. The molecule has 0 aliphatic heterocycles. The monoisotopic (exact) mass is 671 g/mol. The molecule has 0 amide bonds. The van der Waals surface area contributed by atoms with E-state index < -0.39 is 32.5 Å². The van der Waals surface area contributed by atoms with E-state index in [1.807, 2.05) is 0 Å². The fourth-order valence-corrected chi connectivity index (χ4v) is 5.28. The molecule has 3 N–H and O–H groups in total. The van der Waals surface area contributed by atoms with Gasteiger partial charge in [0.05, 0.1) is 13.2 Å². The molecule has 46 heavy (non-hydrogen) atoms. The van der Waals surface area contributed by atoms with Gasteiger partial charge < -0.3 is 20.1 Å². The average molecular weight is 672 g/mol. The van der Waals surface area contributed by atoms with E-state index in [2.05, 4.69) is 50.3 Å². The number of hydrogen-bond donors (Lipinski definition) is 2. The van der Waals surface area contributed by atoms with E-state index in [-0.39, 0.29) is 32.6 Å². The summed E-state index contributed by atoms with van der Waals surface area (Å²) < 4.78 is 32.5. The maximum Gasteiger partial charge on any atom is 0.472 e. The third kappa shape index (κ3) is 32.2. The molecule has 0 aromatic rings. The third-order valence-electron chi connectivity index (χ3n) is 7.25. The Morgan fingerprint density at radius 3 is 1.67 bits per heavy atom. The van der Waals surface area contributed by atoms with Gasteiger partial charge in [0.15, 0.2) is 6.10 Å². The molecule has 0 heterocycles. The molecular formula is C36H66NO8P. The van der Waals surface area contributed by atoms with E-state index in [9.17, 15) is 19.0 Å². The van der Waals surface area contributed by atoms with Crippen LogP contribution in [0, 0.1) is 0 Å². The number of esters is 2. The van der Waals surface area contributed by atoms with Gasteiger partial charge in [-0.15, -0.1) is 0 Å². The second-order valence-electron chi connectivity index (χ2n) is 11.7. The molecule has 0 aromatic heterocycles. The van der Waals surface area contributed by atoms with Crippen LogP contribution in [0.4, 0.5) is 0 Å². The van der Waals surface area contributed by atoms with Crippen molar-refractivity contribution < 1.29 is 37.6 Å². The van der Waals surface area contributed by atoms with Crippen molar-refractivity contribution >= 4 is 19.8 Å². The summed E-state index contributed by atoms with van der Waals surface area (Å²) in [6.45, 7) is 3.60. The molecule has 1 unspecified atom stereocenters. The summed E-state index contributed by atoms with van der Waals surface area (Å²) in [6, 6.07) is 0. The Morgan fingerprint density at radius 1 is 0.652 bits per heavy atom. The second kappa shape index (κ2) is 33.1. The van der Waals surface area contributed by atoms with E-state index in [1.165, 1.54) is 25.7 Å². The van der Waals surface area contributed by atoms with Crippen LogP contribution in [0.1, 0.15) is 149 Å². The average Bonchev–Trinajstić information content (AvgIpc) is 3.04. The summed E-state index contributed by atoms with van der Waals surface area (Å²) in [5, 5.41) is 0. The van der Waals surface area contributed by atoms with Crippen molar-refractivity contribution in [1.82, 2.24) is 0 Å². The van der Waals surface area contributed by atoms with Crippen LogP contribution in [0.15, 0.2) is 36.5 Å². The molecular weight excluding hydrogens is 605 g/mol. The largest absolute Gasteiger partial charge is 0.472 e. The Hall–Kier alpha value is -1.77. The molecule has 0 radical (unpaired) electrons. The number of carbonyl (C=O) groups is 2. The van der Waals surface area contributed by atoms with Gasteiger partial charge >= 0.3 is 19.8 Å². The minimum atomic E-state index is -4.37. The first-order chi connectivity index (χ1) is 22.3. The van der Waals surface area contributed by atoms with Crippen LogP contribution in [0.25, 0.3) is 0 Å². The summed E-state index contributed by atoms with van der Waals surface area (Å²) in [5.74, 6) is -0.861. The van der Waals surface area contributed by atoms with Crippen LogP contribution in [0.5, 0.6) is 0 Å². The zero-order chi connectivity index (χ0) is 34.0. The Balaban J connectivity index is 4.30. The van der Waals surface area contributed by atoms with Crippen LogP contribution in [-0.4, -0.2) is 49.3 Å². The zero-order valence-electron chi connectivity index (χ0n) is 29.0. The summed E-state index contributed by atoms with van der Waals surface area (Å²) >= 11 is 0. The topological polar surface area (TPSA) is 134 Å². The summed E-state index contributed by atoms with van der Waals surface area (Å²) in [4.78, 5) is 34.6. The number of carbonyl (C=O) groups excluding carboxylic acids is 2. The van der Waals surface area contributed by atoms with Crippen LogP contribution in [0.2, 0.25) is 0 Å². The van der Waals surface area contributed by atoms with Crippen molar-refractivity contribution in [2.45, 2.75) is 155 Å². The maximum absolute atomic E-state index is 12.5. The SMILES string of the molecule is CCCC/C=C\C/C=C\CCCCCCCC(=O)O[C@H](COC(=O)CCCCCCC/C=C\CCCC)COP(=O)(O)OCCN. The molecule has 0 saturated carbocycles. The van der Waals surface area contributed by atoms with E-state index >= 15 is 0 Å². The van der Waals surface area contributed by atoms with Gasteiger partial charge in [-0.2, -0.15) is 0 Å². The molecule has 2 atom stereocenters. The summed E-state index contributed by atoms with van der Waals surface area (Å²) in [6.07, 6.45) is 33.2. The number of unbranched alkanes of at least 4 members (excludes halogenated alkanes) is 14. The summed E-state index contributed by atoms with van der Waals surface area (Å²) in [5.41, 5.74) is 5.32. The molecule has 0 fully saturated rings. The number of ether oxygens (including phenoxy) is 2. The van der Waals surface area contributed by atoms with Gasteiger partial charge in [0.25, 0.3) is 0 Å². The highest BCUT2D eigenvalue weighted by atomic mass is 31.2. The van der Waals surface area contributed by atoms with E-state index in [0.717, 1.165) is 89.9 Å². The van der Waals surface area contributed by atoms with Crippen molar-refractivity contribution in [2.24, 2.45) is 5.73 Å². The Bertz CT molecular complexity index is 861. The van der Waals surface area contributed by atoms with Crippen molar-refractivity contribution in [3.8, 4) is 0 Å². The Morgan fingerprint density at radius 2 is 1.13 bits per heavy atom. The van der Waals surface area contributed by atoms with Crippen LogP contribution >= 0.6 is 7.82 Å². The van der Waals surface area contributed by atoms with Crippen molar-refractivity contribution in [1.29, 1.82) is 0 Å².